The first-order valence-electron chi connectivity index (χ1n) is 6.92. The van der Waals surface area contributed by atoms with E-state index in [1.807, 2.05) is 31.2 Å². The van der Waals surface area contributed by atoms with E-state index in [9.17, 15) is 4.79 Å². The number of hydrogen-bond donors (Lipinski definition) is 1. The summed E-state index contributed by atoms with van der Waals surface area (Å²) in [6, 6.07) is 9.46. The average molecular weight is 287 g/mol. The fourth-order valence-electron chi connectivity index (χ4n) is 2.22. The van der Waals surface area contributed by atoms with Crippen molar-refractivity contribution in [1.82, 2.24) is 9.88 Å². The zero-order valence-corrected chi connectivity index (χ0v) is 12.9. The summed E-state index contributed by atoms with van der Waals surface area (Å²) in [7, 11) is 5.22. The number of fused-ring (bicyclic) bond motifs is 1. The number of para-hydroxylation sites is 1. The number of carbonyl (C=O) groups is 1. The van der Waals surface area contributed by atoms with Gasteiger partial charge in [0, 0.05) is 26.6 Å². The van der Waals surface area contributed by atoms with Gasteiger partial charge in [0.25, 0.3) is 5.91 Å². The van der Waals surface area contributed by atoms with Crippen LogP contribution in [-0.4, -0.2) is 49.6 Å². The number of methoxy groups -OCH3 is 1. The Morgan fingerprint density at radius 1 is 1.43 bits per heavy atom. The molecule has 0 aliphatic carbocycles. The van der Waals surface area contributed by atoms with Crippen LogP contribution in [0.2, 0.25) is 0 Å². The first-order chi connectivity index (χ1) is 10.1. The lowest BCUT2D eigenvalue weighted by Gasteiger charge is -2.25. The van der Waals surface area contributed by atoms with Crippen molar-refractivity contribution in [3.05, 3.63) is 35.9 Å². The Balaban J connectivity index is 2.46. The largest absolute Gasteiger partial charge is 0.383 e. The molecule has 21 heavy (non-hydrogen) atoms. The highest BCUT2D eigenvalue weighted by Gasteiger charge is 2.20. The van der Waals surface area contributed by atoms with Crippen LogP contribution in [0.1, 0.15) is 17.3 Å². The minimum atomic E-state index is -0.0327. The van der Waals surface area contributed by atoms with Crippen LogP contribution in [0.5, 0.6) is 0 Å². The maximum Gasteiger partial charge on any atom is 0.254 e. The van der Waals surface area contributed by atoms with Crippen LogP contribution in [0.15, 0.2) is 30.3 Å². The summed E-state index contributed by atoms with van der Waals surface area (Å²) in [5.41, 5.74) is 1.45. The number of rotatable bonds is 5. The maximum absolute atomic E-state index is 12.8. The van der Waals surface area contributed by atoms with Gasteiger partial charge >= 0.3 is 0 Å². The van der Waals surface area contributed by atoms with Gasteiger partial charge in [-0.3, -0.25) is 4.79 Å². The second kappa shape index (κ2) is 6.54. The zero-order valence-electron chi connectivity index (χ0n) is 12.9. The predicted molar refractivity (Wildman–Crippen MR) is 84.7 cm³/mol. The molecule has 0 radical (unpaired) electrons. The van der Waals surface area contributed by atoms with E-state index in [1.165, 1.54) is 0 Å². The highest BCUT2D eigenvalue weighted by Crippen LogP contribution is 2.22. The number of ether oxygens (including phenoxy) is 1. The number of aromatic nitrogens is 1. The molecule has 1 unspecified atom stereocenters. The fraction of sp³-hybridized carbons (Fsp3) is 0.375. The minimum Gasteiger partial charge on any atom is -0.383 e. The number of nitrogens with zero attached hydrogens (tertiary/aromatic N) is 2. The second-order valence-electron chi connectivity index (χ2n) is 5.04. The number of amides is 1. The number of nitrogens with one attached hydrogen (secondary N) is 1. The molecule has 0 spiro atoms. The van der Waals surface area contributed by atoms with E-state index in [-0.39, 0.29) is 11.9 Å². The minimum absolute atomic E-state index is 0.00691. The molecule has 1 aromatic carbocycles. The smallest absolute Gasteiger partial charge is 0.254 e. The lowest BCUT2D eigenvalue weighted by atomic mass is 10.1. The number of anilines is 1. The van der Waals surface area contributed by atoms with Crippen molar-refractivity contribution >= 4 is 22.6 Å². The van der Waals surface area contributed by atoms with E-state index in [2.05, 4.69) is 10.3 Å². The van der Waals surface area contributed by atoms with E-state index in [4.69, 9.17) is 4.74 Å². The quantitative estimate of drug-likeness (QED) is 0.917. The van der Waals surface area contributed by atoms with Crippen LogP contribution in [0, 0.1) is 0 Å². The van der Waals surface area contributed by atoms with Crippen LogP contribution in [0.25, 0.3) is 10.9 Å². The first-order valence-corrected chi connectivity index (χ1v) is 6.92. The number of hydrogen-bond acceptors (Lipinski definition) is 4. The maximum atomic E-state index is 12.8. The molecule has 5 heteroatoms. The molecule has 2 rings (SSSR count). The molecular weight excluding hydrogens is 266 g/mol. The molecule has 5 nitrogen and oxygen atoms in total. The summed E-state index contributed by atoms with van der Waals surface area (Å²) >= 11 is 0. The van der Waals surface area contributed by atoms with E-state index >= 15 is 0 Å². The average Bonchev–Trinajstić information content (AvgIpc) is 2.52. The van der Waals surface area contributed by atoms with Gasteiger partial charge < -0.3 is 15.0 Å². The molecular formula is C16H21N3O2. The van der Waals surface area contributed by atoms with Gasteiger partial charge in [-0.25, -0.2) is 4.98 Å². The molecule has 2 aromatic rings. The molecule has 0 fully saturated rings. The number of pyridine rings is 1. The third kappa shape index (κ3) is 3.13. The Labute approximate surface area is 124 Å². The van der Waals surface area contributed by atoms with Crippen LogP contribution >= 0.6 is 0 Å². The van der Waals surface area contributed by atoms with Crippen molar-refractivity contribution in [3.63, 3.8) is 0 Å². The van der Waals surface area contributed by atoms with Crippen molar-refractivity contribution in [2.45, 2.75) is 13.0 Å². The topological polar surface area (TPSA) is 54.5 Å². The fourth-order valence-corrected chi connectivity index (χ4v) is 2.22. The second-order valence-corrected chi connectivity index (χ2v) is 5.04. The zero-order chi connectivity index (χ0) is 15.4. The molecule has 1 heterocycles. The summed E-state index contributed by atoms with van der Waals surface area (Å²) in [5, 5.41) is 3.86. The summed E-state index contributed by atoms with van der Waals surface area (Å²) in [6.45, 7) is 2.47. The molecule has 1 aromatic heterocycles. The number of likely N-dealkylation sites (N-methyl/N-ethyl adjacent to an activating group) is 1. The summed E-state index contributed by atoms with van der Waals surface area (Å²) in [6.07, 6.45) is 0. The van der Waals surface area contributed by atoms with Gasteiger partial charge in [-0.1, -0.05) is 18.2 Å². The molecule has 0 saturated heterocycles. The van der Waals surface area contributed by atoms with Crippen LogP contribution in [0.3, 0.4) is 0 Å². The third-order valence-corrected chi connectivity index (χ3v) is 3.59. The van der Waals surface area contributed by atoms with Crippen molar-refractivity contribution in [1.29, 1.82) is 0 Å². The molecule has 0 saturated carbocycles. The summed E-state index contributed by atoms with van der Waals surface area (Å²) in [4.78, 5) is 18.9. The van der Waals surface area contributed by atoms with Gasteiger partial charge in [-0.15, -0.1) is 0 Å². The van der Waals surface area contributed by atoms with Crippen molar-refractivity contribution in [2.75, 3.05) is 33.1 Å². The van der Waals surface area contributed by atoms with E-state index in [0.29, 0.717) is 18.0 Å². The Kier molecular flexibility index (Phi) is 4.75. The Morgan fingerprint density at radius 3 is 2.81 bits per heavy atom. The van der Waals surface area contributed by atoms with Crippen molar-refractivity contribution < 1.29 is 9.53 Å². The standard InChI is InChI=1S/C16H21N3O2/c1-11(10-21-4)19(3)16(20)13-9-15(17-2)18-14-8-6-5-7-12(13)14/h5-9,11H,10H2,1-4H3,(H,17,18). The molecule has 1 N–H and O–H groups in total. The Morgan fingerprint density at radius 2 is 2.14 bits per heavy atom. The van der Waals surface area contributed by atoms with Gasteiger partial charge in [0.1, 0.15) is 5.82 Å². The van der Waals surface area contributed by atoms with Gasteiger partial charge in [-0.05, 0) is 19.1 Å². The van der Waals surface area contributed by atoms with Crippen LogP contribution in [-0.2, 0) is 4.74 Å². The molecule has 0 aliphatic rings. The highest BCUT2D eigenvalue weighted by atomic mass is 16.5. The van der Waals surface area contributed by atoms with Crippen molar-refractivity contribution in [2.24, 2.45) is 0 Å². The molecule has 112 valence electrons. The Hall–Kier alpha value is -2.14. The number of benzene rings is 1. The first kappa shape index (κ1) is 15.3. The SMILES string of the molecule is CNc1cc(C(=O)N(C)C(C)COC)c2ccccc2n1. The third-order valence-electron chi connectivity index (χ3n) is 3.59. The van der Waals surface area contributed by atoms with Gasteiger partial charge in [0.2, 0.25) is 0 Å². The van der Waals surface area contributed by atoms with Gasteiger partial charge in [0.15, 0.2) is 0 Å². The van der Waals surface area contributed by atoms with Crippen molar-refractivity contribution in [3.8, 4) is 0 Å². The van der Waals surface area contributed by atoms with Gasteiger partial charge in [-0.2, -0.15) is 0 Å². The van der Waals surface area contributed by atoms with Gasteiger partial charge in [0.05, 0.1) is 23.7 Å². The molecule has 0 bridgehead atoms. The predicted octanol–water partition coefficient (Wildman–Crippen LogP) is 2.38. The Bertz CT molecular complexity index is 642. The summed E-state index contributed by atoms with van der Waals surface area (Å²) < 4.78 is 5.12. The molecule has 1 amide bonds. The number of carbonyl (C=O) groups excluding carboxylic acids is 1. The van der Waals surface area contributed by atoms with E-state index < -0.39 is 0 Å². The monoisotopic (exact) mass is 287 g/mol. The summed E-state index contributed by atoms with van der Waals surface area (Å²) in [5.74, 6) is 0.652. The molecule has 0 aliphatic heterocycles. The van der Waals surface area contributed by atoms with Crippen LogP contribution in [0.4, 0.5) is 5.82 Å². The highest BCUT2D eigenvalue weighted by molar-refractivity contribution is 6.07. The molecule has 1 atom stereocenters. The van der Waals surface area contributed by atoms with Crippen LogP contribution < -0.4 is 5.32 Å². The normalized spacial score (nSPS) is 12.2. The lowest BCUT2D eigenvalue weighted by Crippen LogP contribution is -2.38. The van der Waals surface area contributed by atoms with E-state index in [0.717, 1.165) is 10.9 Å². The lowest BCUT2D eigenvalue weighted by molar-refractivity contribution is 0.0635. The van der Waals surface area contributed by atoms with E-state index in [1.54, 1.807) is 32.2 Å².